The molecular formula is C12H17BrN2O3. The minimum Gasteiger partial charge on any atom is -0.389 e. The summed E-state index contributed by atoms with van der Waals surface area (Å²) in [6, 6.07) is 4.80. The highest BCUT2D eigenvalue weighted by Gasteiger charge is 2.23. The fourth-order valence-electron chi connectivity index (χ4n) is 1.74. The quantitative estimate of drug-likeness (QED) is 0.670. The summed E-state index contributed by atoms with van der Waals surface area (Å²) in [5.41, 5.74) is -0.352. The van der Waals surface area contributed by atoms with Crippen LogP contribution in [-0.2, 0) is 0 Å². The second-order valence-electron chi connectivity index (χ2n) is 4.72. The normalized spacial score (nSPS) is 11.4. The van der Waals surface area contributed by atoms with Crippen LogP contribution in [0.1, 0.15) is 20.8 Å². The van der Waals surface area contributed by atoms with Crippen molar-refractivity contribution in [2.24, 2.45) is 0 Å². The van der Waals surface area contributed by atoms with Crippen LogP contribution in [-0.4, -0.2) is 28.7 Å². The lowest BCUT2D eigenvalue weighted by atomic mass is 10.1. The second-order valence-corrected chi connectivity index (χ2v) is 5.63. The summed E-state index contributed by atoms with van der Waals surface area (Å²) in [6.45, 7) is 6.18. The molecule has 0 spiro atoms. The molecule has 0 unspecified atom stereocenters. The number of halogens is 1. The summed E-state index contributed by atoms with van der Waals surface area (Å²) >= 11 is 3.31. The fourth-order valence-corrected chi connectivity index (χ4v) is 2.09. The molecule has 0 heterocycles. The number of hydrogen-bond acceptors (Lipinski definition) is 4. The Morgan fingerprint density at radius 1 is 1.50 bits per heavy atom. The smallest absolute Gasteiger partial charge is 0.292 e. The third kappa shape index (κ3) is 3.96. The molecule has 1 N–H and O–H groups in total. The molecule has 0 aliphatic rings. The molecule has 6 heteroatoms. The SMILES string of the molecule is CCN(CC(C)(C)O)c1cc(Br)ccc1[N+](=O)[O-]. The van der Waals surface area contributed by atoms with Gasteiger partial charge in [-0.2, -0.15) is 0 Å². The first-order valence-corrected chi connectivity index (χ1v) is 6.45. The molecule has 100 valence electrons. The van der Waals surface area contributed by atoms with Crippen molar-refractivity contribution in [3.63, 3.8) is 0 Å². The van der Waals surface area contributed by atoms with Gasteiger partial charge in [0.1, 0.15) is 5.69 Å². The van der Waals surface area contributed by atoms with Crippen molar-refractivity contribution in [1.29, 1.82) is 0 Å². The molecule has 1 rings (SSSR count). The maximum Gasteiger partial charge on any atom is 0.292 e. The Bertz CT molecular complexity index is 443. The summed E-state index contributed by atoms with van der Waals surface area (Å²) in [7, 11) is 0. The number of hydrogen-bond donors (Lipinski definition) is 1. The van der Waals surface area contributed by atoms with E-state index in [4.69, 9.17) is 0 Å². The number of aliphatic hydroxyl groups is 1. The fraction of sp³-hybridized carbons (Fsp3) is 0.500. The molecule has 0 aliphatic heterocycles. The largest absolute Gasteiger partial charge is 0.389 e. The van der Waals surface area contributed by atoms with E-state index in [9.17, 15) is 15.2 Å². The van der Waals surface area contributed by atoms with E-state index in [1.165, 1.54) is 6.07 Å². The Morgan fingerprint density at radius 3 is 2.56 bits per heavy atom. The van der Waals surface area contributed by atoms with Crippen LogP contribution in [0.2, 0.25) is 0 Å². The van der Waals surface area contributed by atoms with Gasteiger partial charge in [-0.1, -0.05) is 15.9 Å². The average molecular weight is 317 g/mol. The van der Waals surface area contributed by atoms with Gasteiger partial charge in [-0.05, 0) is 32.9 Å². The molecule has 0 saturated heterocycles. The van der Waals surface area contributed by atoms with Crippen LogP contribution in [0, 0.1) is 10.1 Å². The van der Waals surface area contributed by atoms with Gasteiger partial charge in [-0.15, -0.1) is 0 Å². The van der Waals surface area contributed by atoms with Crippen molar-refractivity contribution in [2.75, 3.05) is 18.0 Å². The second kappa shape index (κ2) is 5.67. The van der Waals surface area contributed by atoms with Gasteiger partial charge in [0.05, 0.1) is 10.5 Å². The van der Waals surface area contributed by atoms with Crippen LogP contribution in [0.15, 0.2) is 22.7 Å². The summed E-state index contributed by atoms with van der Waals surface area (Å²) in [5.74, 6) is 0. The van der Waals surface area contributed by atoms with Crippen LogP contribution in [0.5, 0.6) is 0 Å². The van der Waals surface area contributed by atoms with Gasteiger partial charge in [0.2, 0.25) is 0 Å². The molecule has 0 radical (unpaired) electrons. The van der Waals surface area contributed by atoms with Crippen molar-refractivity contribution in [3.05, 3.63) is 32.8 Å². The Labute approximate surface area is 115 Å². The van der Waals surface area contributed by atoms with E-state index in [0.29, 0.717) is 18.8 Å². The molecule has 18 heavy (non-hydrogen) atoms. The average Bonchev–Trinajstić information content (AvgIpc) is 2.24. The number of nitro groups is 1. The predicted molar refractivity (Wildman–Crippen MR) is 75.0 cm³/mol. The molecule has 5 nitrogen and oxygen atoms in total. The van der Waals surface area contributed by atoms with Gasteiger partial charge < -0.3 is 10.0 Å². The van der Waals surface area contributed by atoms with Crippen LogP contribution in [0.3, 0.4) is 0 Å². The lowest BCUT2D eigenvalue weighted by Crippen LogP contribution is -2.38. The summed E-state index contributed by atoms with van der Waals surface area (Å²) < 4.78 is 0.775. The number of rotatable bonds is 5. The van der Waals surface area contributed by atoms with E-state index in [2.05, 4.69) is 15.9 Å². The molecule has 0 amide bonds. The van der Waals surface area contributed by atoms with Gasteiger partial charge in [0, 0.05) is 23.6 Å². The van der Waals surface area contributed by atoms with Crippen molar-refractivity contribution in [1.82, 2.24) is 0 Å². The summed E-state index contributed by atoms with van der Waals surface area (Å²) in [4.78, 5) is 12.4. The highest BCUT2D eigenvalue weighted by atomic mass is 79.9. The van der Waals surface area contributed by atoms with E-state index in [-0.39, 0.29) is 5.69 Å². The molecule has 0 bridgehead atoms. The van der Waals surface area contributed by atoms with E-state index in [0.717, 1.165) is 4.47 Å². The maximum atomic E-state index is 11.0. The third-order valence-corrected chi connectivity index (χ3v) is 2.93. The van der Waals surface area contributed by atoms with Gasteiger partial charge in [0.25, 0.3) is 5.69 Å². The van der Waals surface area contributed by atoms with Crippen LogP contribution in [0.4, 0.5) is 11.4 Å². The van der Waals surface area contributed by atoms with E-state index < -0.39 is 10.5 Å². The molecule has 0 aromatic heterocycles. The first-order valence-electron chi connectivity index (χ1n) is 5.66. The Hall–Kier alpha value is -1.14. The minimum atomic E-state index is -0.911. The van der Waals surface area contributed by atoms with Gasteiger partial charge in [0.15, 0.2) is 0 Å². The standard InChI is InChI=1S/C12H17BrN2O3/c1-4-14(8-12(2,3)16)11-7-9(13)5-6-10(11)15(17)18/h5-7,16H,4,8H2,1-3H3. The third-order valence-electron chi connectivity index (χ3n) is 2.43. The van der Waals surface area contributed by atoms with Crippen molar-refractivity contribution < 1.29 is 10.0 Å². The van der Waals surface area contributed by atoms with Crippen LogP contribution < -0.4 is 4.90 Å². The van der Waals surface area contributed by atoms with Gasteiger partial charge in [-0.25, -0.2) is 0 Å². The Balaban J connectivity index is 3.19. The number of benzene rings is 1. The molecule has 0 saturated carbocycles. The van der Waals surface area contributed by atoms with E-state index in [1.54, 1.807) is 30.9 Å². The lowest BCUT2D eigenvalue weighted by molar-refractivity contribution is -0.384. The monoisotopic (exact) mass is 316 g/mol. The van der Waals surface area contributed by atoms with Crippen LogP contribution >= 0.6 is 15.9 Å². The molecule has 0 aliphatic carbocycles. The zero-order valence-electron chi connectivity index (χ0n) is 10.7. The molecule has 0 atom stereocenters. The maximum absolute atomic E-state index is 11.0. The molecular weight excluding hydrogens is 300 g/mol. The van der Waals surface area contributed by atoms with Gasteiger partial charge in [-0.3, -0.25) is 10.1 Å². The minimum absolute atomic E-state index is 0.0456. The summed E-state index contributed by atoms with van der Waals surface area (Å²) in [6.07, 6.45) is 0. The number of likely N-dealkylation sites (N-methyl/N-ethyl adjacent to an activating group) is 1. The van der Waals surface area contributed by atoms with E-state index >= 15 is 0 Å². The number of nitrogens with zero attached hydrogens (tertiary/aromatic N) is 2. The molecule has 0 fully saturated rings. The first kappa shape index (κ1) is 14.9. The zero-order chi connectivity index (χ0) is 13.9. The predicted octanol–water partition coefficient (Wildman–Crippen LogP) is 2.95. The van der Waals surface area contributed by atoms with Crippen molar-refractivity contribution >= 4 is 27.3 Å². The van der Waals surface area contributed by atoms with Gasteiger partial charge >= 0.3 is 0 Å². The Kier molecular flexibility index (Phi) is 4.70. The molecule has 1 aromatic carbocycles. The lowest BCUT2D eigenvalue weighted by Gasteiger charge is -2.29. The topological polar surface area (TPSA) is 66.6 Å². The van der Waals surface area contributed by atoms with Crippen LogP contribution in [0.25, 0.3) is 0 Å². The number of anilines is 1. The Morgan fingerprint density at radius 2 is 2.11 bits per heavy atom. The highest BCUT2D eigenvalue weighted by molar-refractivity contribution is 9.10. The first-order chi connectivity index (χ1) is 8.24. The van der Waals surface area contributed by atoms with Crippen molar-refractivity contribution in [3.8, 4) is 0 Å². The highest BCUT2D eigenvalue weighted by Crippen LogP contribution is 2.31. The number of nitro benzene ring substituents is 1. The summed E-state index contributed by atoms with van der Waals surface area (Å²) in [5, 5.41) is 20.9. The van der Waals surface area contributed by atoms with Crippen molar-refractivity contribution in [2.45, 2.75) is 26.4 Å². The van der Waals surface area contributed by atoms with E-state index in [1.807, 2.05) is 6.92 Å². The molecule has 1 aromatic rings. The zero-order valence-corrected chi connectivity index (χ0v) is 12.3.